The summed E-state index contributed by atoms with van der Waals surface area (Å²) in [5, 5.41) is 17.1. The van der Waals surface area contributed by atoms with Gasteiger partial charge in [0.2, 0.25) is 0 Å². The first kappa shape index (κ1) is 9.39. The second kappa shape index (κ2) is 4.24. The summed E-state index contributed by atoms with van der Waals surface area (Å²) in [5.41, 5.74) is 0. The summed E-state index contributed by atoms with van der Waals surface area (Å²) < 4.78 is 4.56. The smallest absolute Gasteiger partial charge is 0.332 e. The molecule has 10 heavy (non-hydrogen) atoms. The van der Waals surface area contributed by atoms with E-state index in [0.29, 0.717) is 0 Å². The Morgan fingerprint density at radius 2 is 2.20 bits per heavy atom. The molecule has 0 radical (unpaired) electrons. The van der Waals surface area contributed by atoms with Crippen LogP contribution in [0.1, 0.15) is 13.3 Å². The van der Waals surface area contributed by atoms with Gasteiger partial charge in [-0.2, -0.15) is 0 Å². The van der Waals surface area contributed by atoms with Crippen LogP contribution in [0, 0.1) is 0 Å². The Kier molecular flexibility index (Phi) is 3.99. The minimum Gasteiger partial charge on any atom is -0.479 e. The van der Waals surface area contributed by atoms with E-state index >= 15 is 0 Å². The fraction of sp³-hybridized carbons (Fsp3) is 0.833. The van der Waals surface area contributed by atoms with E-state index in [1.54, 1.807) is 0 Å². The number of carbonyl (C=O) groups is 1. The molecule has 4 heteroatoms. The van der Waals surface area contributed by atoms with E-state index in [1.165, 1.54) is 14.0 Å². The van der Waals surface area contributed by atoms with Crippen molar-refractivity contribution in [2.24, 2.45) is 0 Å². The van der Waals surface area contributed by atoms with Crippen molar-refractivity contribution in [3.8, 4) is 0 Å². The van der Waals surface area contributed by atoms with Gasteiger partial charge in [-0.15, -0.1) is 0 Å². The number of carboxylic acid groups (broad SMARTS) is 1. The third kappa shape index (κ3) is 3.42. The molecule has 2 unspecified atom stereocenters. The van der Waals surface area contributed by atoms with Crippen molar-refractivity contribution in [3.63, 3.8) is 0 Å². The van der Waals surface area contributed by atoms with Gasteiger partial charge in [-0.05, 0) is 6.92 Å². The highest BCUT2D eigenvalue weighted by molar-refractivity contribution is 5.72. The van der Waals surface area contributed by atoms with E-state index < -0.39 is 18.2 Å². The highest BCUT2D eigenvalue weighted by Gasteiger charge is 2.17. The Labute approximate surface area is 59.4 Å². The van der Waals surface area contributed by atoms with Crippen LogP contribution in [-0.2, 0) is 9.53 Å². The van der Waals surface area contributed by atoms with E-state index in [0.717, 1.165) is 0 Å². The molecule has 0 bridgehead atoms. The van der Waals surface area contributed by atoms with Gasteiger partial charge in [0.15, 0.2) is 6.10 Å². The lowest BCUT2D eigenvalue weighted by Crippen LogP contribution is -2.26. The summed E-state index contributed by atoms with van der Waals surface area (Å²) in [4.78, 5) is 10.2. The van der Waals surface area contributed by atoms with Gasteiger partial charge in [0.05, 0.1) is 6.10 Å². The van der Waals surface area contributed by atoms with Gasteiger partial charge >= 0.3 is 5.97 Å². The predicted octanol–water partition coefficient (Wildman–Crippen LogP) is -0.143. The van der Waals surface area contributed by atoms with Gasteiger partial charge in [-0.3, -0.25) is 0 Å². The van der Waals surface area contributed by atoms with Crippen LogP contribution in [0.4, 0.5) is 0 Å². The Morgan fingerprint density at radius 1 is 1.70 bits per heavy atom. The number of hydrogen-bond donors (Lipinski definition) is 2. The molecular weight excluding hydrogens is 136 g/mol. The van der Waals surface area contributed by atoms with E-state index in [4.69, 9.17) is 10.2 Å². The zero-order valence-corrected chi connectivity index (χ0v) is 6.07. The lowest BCUT2D eigenvalue weighted by atomic mass is 10.2. The normalized spacial score (nSPS) is 16.3. The molecule has 0 aliphatic heterocycles. The molecule has 0 heterocycles. The standard InChI is InChI=1S/C6H12O4/c1-4(7)3-5(10-2)6(8)9/h4-5,7H,3H2,1-2H3,(H,8,9). The number of methoxy groups -OCH3 is 1. The molecule has 0 spiro atoms. The molecule has 0 aliphatic rings. The molecule has 2 atom stereocenters. The fourth-order valence-electron chi connectivity index (χ4n) is 0.608. The summed E-state index contributed by atoms with van der Waals surface area (Å²) in [6.07, 6.45) is -1.40. The molecular formula is C6H12O4. The van der Waals surface area contributed by atoms with Crippen molar-refractivity contribution in [3.05, 3.63) is 0 Å². The average molecular weight is 148 g/mol. The van der Waals surface area contributed by atoms with Gasteiger partial charge < -0.3 is 14.9 Å². The van der Waals surface area contributed by atoms with Crippen LogP contribution in [0.15, 0.2) is 0 Å². The van der Waals surface area contributed by atoms with E-state index in [2.05, 4.69) is 4.74 Å². The van der Waals surface area contributed by atoms with Gasteiger partial charge in [0, 0.05) is 13.5 Å². The summed E-state index contributed by atoms with van der Waals surface area (Å²) in [6.45, 7) is 1.52. The molecule has 0 saturated carbocycles. The summed E-state index contributed by atoms with van der Waals surface area (Å²) in [6, 6.07) is 0. The molecule has 60 valence electrons. The fourth-order valence-corrected chi connectivity index (χ4v) is 0.608. The van der Waals surface area contributed by atoms with Crippen LogP contribution in [0.25, 0.3) is 0 Å². The number of hydrogen-bond acceptors (Lipinski definition) is 3. The molecule has 2 N–H and O–H groups in total. The van der Waals surface area contributed by atoms with E-state index in [1.807, 2.05) is 0 Å². The maximum Gasteiger partial charge on any atom is 0.332 e. The van der Waals surface area contributed by atoms with Gasteiger partial charge in [-0.25, -0.2) is 4.79 Å². The molecule has 4 nitrogen and oxygen atoms in total. The monoisotopic (exact) mass is 148 g/mol. The topological polar surface area (TPSA) is 66.8 Å². The van der Waals surface area contributed by atoms with E-state index in [-0.39, 0.29) is 6.42 Å². The van der Waals surface area contributed by atoms with Crippen LogP contribution in [0.5, 0.6) is 0 Å². The Hall–Kier alpha value is -0.610. The summed E-state index contributed by atoms with van der Waals surface area (Å²) in [5.74, 6) is -1.04. The van der Waals surface area contributed by atoms with Gasteiger partial charge in [-0.1, -0.05) is 0 Å². The number of aliphatic carboxylic acids is 1. The molecule has 0 aromatic heterocycles. The Bertz CT molecular complexity index is 110. The van der Waals surface area contributed by atoms with Crippen molar-refractivity contribution in [1.82, 2.24) is 0 Å². The quantitative estimate of drug-likeness (QED) is 0.582. The maximum absolute atomic E-state index is 10.2. The number of aliphatic hydroxyl groups excluding tert-OH is 1. The van der Waals surface area contributed by atoms with Crippen LogP contribution < -0.4 is 0 Å². The van der Waals surface area contributed by atoms with Crippen molar-refractivity contribution in [2.75, 3.05) is 7.11 Å². The largest absolute Gasteiger partial charge is 0.479 e. The zero-order valence-electron chi connectivity index (χ0n) is 6.07. The van der Waals surface area contributed by atoms with Crippen LogP contribution in [0.2, 0.25) is 0 Å². The first-order chi connectivity index (χ1) is 4.57. The Balaban J connectivity index is 3.72. The summed E-state index contributed by atoms with van der Waals surface area (Å²) in [7, 11) is 1.31. The minimum atomic E-state index is -1.04. The third-order valence-electron chi connectivity index (χ3n) is 1.12. The van der Waals surface area contributed by atoms with Crippen LogP contribution in [0.3, 0.4) is 0 Å². The third-order valence-corrected chi connectivity index (χ3v) is 1.12. The molecule has 0 amide bonds. The van der Waals surface area contributed by atoms with Gasteiger partial charge in [0.1, 0.15) is 0 Å². The predicted molar refractivity (Wildman–Crippen MR) is 34.7 cm³/mol. The lowest BCUT2D eigenvalue weighted by molar-refractivity contribution is -0.150. The van der Waals surface area contributed by atoms with Crippen molar-refractivity contribution in [1.29, 1.82) is 0 Å². The number of carboxylic acids is 1. The SMILES string of the molecule is COC(CC(C)O)C(=O)O. The molecule has 0 saturated heterocycles. The van der Waals surface area contributed by atoms with Crippen LogP contribution >= 0.6 is 0 Å². The highest BCUT2D eigenvalue weighted by Crippen LogP contribution is 2.00. The maximum atomic E-state index is 10.2. The molecule has 0 rings (SSSR count). The second-order valence-electron chi connectivity index (χ2n) is 2.15. The Morgan fingerprint density at radius 3 is 2.30 bits per heavy atom. The molecule has 0 fully saturated rings. The van der Waals surface area contributed by atoms with E-state index in [9.17, 15) is 4.79 Å². The average Bonchev–Trinajstić information content (AvgIpc) is 1.81. The first-order valence-electron chi connectivity index (χ1n) is 3.01. The first-order valence-corrected chi connectivity index (χ1v) is 3.01. The molecule has 0 aliphatic carbocycles. The number of aliphatic hydroxyl groups is 1. The summed E-state index contributed by atoms with van der Waals surface area (Å²) >= 11 is 0. The second-order valence-corrected chi connectivity index (χ2v) is 2.15. The van der Waals surface area contributed by atoms with Crippen molar-refractivity contribution >= 4 is 5.97 Å². The van der Waals surface area contributed by atoms with Crippen molar-refractivity contribution in [2.45, 2.75) is 25.6 Å². The molecule has 0 aromatic carbocycles. The minimum absolute atomic E-state index is 0.131. The van der Waals surface area contributed by atoms with Gasteiger partial charge in [0.25, 0.3) is 0 Å². The zero-order chi connectivity index (χ0) is 8.15. The van der Waals surface area contributed by atoms with Crippen molar-refractivity contribution < 1.29 is 19.7 Å². The lowest BCUT2D eigenvalue weighted by Gasteiger charge is -2.11. The highest BCUT2D eigenvalue weighted by atomic mass is 16.5. The van der Waals surface area contributed by atoms with Crippen LogP contribution in [-0.4, -0.2) is 35.5 Å². The number of ether oxygens (including phenoxy) is 1. The number of rotatable bonds is 4. The molecule has 0 aromatic rings.